The normalized spacial score (nSPS) is 15.2. The molecule has 13 heavy (non-hydrogen) atoms. The molecular formula is C9H12O3S. The van der Waals surface area contributed by atoms with Gasteiger partial charge in [-0.15, -0.1) is 11.3 Å². The maximum Gasteiger partial charge on any atom is 0.306 e. The SMILES string of the molecule is CC[C@](O)(CC(=O)O)c1cccs1. The van der Waals surface area contributed by atoms with Crippen LogP contribution in [-0.4, -0.2) is 16.2 Å². The highest BCUT2D eigenvalue weighted by Gasteiger charge is 2.30. The summed E-state index contributed by atoms with van der Waals surface area (Å²) in [5.41, 5.74) is -1.19. The summed E-state index contributed by atoms with van der Waals surface area (Å²) in [5.74, 6) is -0.974. The zero-order valence-corrected chi connectivity index (χ0v) is 8.17. The predicted octanol–water partition coefficient (Wildman–Crippen LogP) is 1.82. The van der Waals surface area contributed by atoms with Crippen LogP contribution in [0.3, 0.4) is 0 Å². The lowest BCUT2D eigenvalue weighted by Crippen LogP contribution is -2.26. The molecule has 72 valence electrons. The molecular weight excluding hydrogens is 188 g/mol. The van der Waals surface area contributed by atoms with Gasteiger partial charge in [0.2, 0.25) is 0 Å². The van der Waals surface area contributed by atoms with Crippen LogP contribution >= 0.6 is 11.3 Å². The first-order valence-electron chi connectivity index (χ1n) is 4.06. The van der Waals surface area contributed by atoms with Gasteiger partial charge in [0.15, 0.2) is 0 Å². The summed E-state index contributed by atoms with van der Waals surface area (Å²) < 4.78 is 0. The van der Waals surface area contributed by atoms with E-state index in [1.54, 1.807) is 13.0 Å². The van der Waals surface area contributed by atoms with Crippen molar-refractivity contribution >= 4 is 17.3 Å². The monoisotopic (exact) mass is 200 g/mol. The summed E-state index contributed by atoms with van der Waals surface area (Å²) in [6.07, 6.45) is 0.184. The lowest BCUT2D eigenvalue weighted by Gasteiger charge is -2.23. The summed E-state index contributed by atoms with van der Waals surface area (Å²) in [6, 6.07) is 3.57. The first-order valence-corrected chi connectivity index (χ1v) is 4.94. The molecule has 1 aromatic rings. The van der Waals surface area contributed by atoms with E-state index in [0.717, 1.165) is 4.88 Å². The number of rotatable bonds is 4. The van der Waals surface area contributed by atoms with E-state index in [2.05, 4.69) is 0 Å². The van der Waals surface area contributed by atoms with Gasteiger partial charge in [0.25, 0.3) is 0 Å². The molecule has 0 unspecified atom stereocenters. The van der Waals surface area contributed by atoms with Gasteiger partial charge < -0.3 is 10.2 Å². The largest absolute Gasteiger partial charge is 0.481 e. The first-order chi connectivity index (χ1) is 6.08. The fraction of sp³-hybridized carbons (Fsp3) is 0.444. The highest BCUT2D eigenvalue weighted by Crippen LogP contribution is 2.31. The molecule has 2 N–H and O–H groups in total. The Labute approximate surface area is 80.6 Å². The van der Waals surface area contributed by atoms with Gasteiger partial charge in [0.1, 0.15) is 5.60 Å². The van der Waals surface area contributed by atoms with E-state index in [4.69, 9.17) is 5.11 Å². The molecule has 0 bridgehead atoms. The Balaban J connectivity index is 2.87. The van der Waals surface area contributed by atoms with Crippen LogP contribution in [0.1, 0.15) is 24.6 Å². The van der Waals surface area contributed by atoms with Gasteiger partial charge in [-0.25, -0.2) is 0 Å². The van der Waals surface area contributed by atoms with Crippen molar-refractivity contribution in [3.8, 4) is 0 Å². The summed E-state index contributed by atoms with van der Waals surface area (Å²) >= 11 is 1.38. The van der Waals surface area contributed by atoms with Crippen LogP contribution in [-0.2, 0) is 10.4 Å². The number of aliphatic carboxylic acids is 1. The number of thiophene rings is 1. The third kappa shape index (κ3) is 2.29. The van der Waals surface area contributed by atoms with Crippen molar-refractivity contribution in [3.63, 3.8) is 0 Å². The Kier molecular flexibility index (Phi) is 3.06. The van der Waals surface area contributed by atoms with Gasteiger partial charge in [-0.1, -0.05) is 13.0 Å². The smallest absolute Gasteiger partial charge is 0.306 e. The van der Waals surface area contributed by atoms with Crippen LogP contribution in [0.15, 0.2) is 17.5 Å². The topological polar surface area (TPSA) is 57.5 Å². The fourth-order valence-electron chi connectivity index (χ4n) is 1.18. The van der Waals surface area contributed by atoms with Crippen molar-refractivity contribution < 1.29 is 15.0 Å². The number of carboxylic acids is 1. The van der Waals surface area contributed by atoms with E-state index in [1.165, 1.54) is 11.3 Å². The van der Waals surface area contributed by atoms with Gasteiger partial charge in [-0.3, -0.25) is 4.79 Å². The third-order valence-corrected chi connectivity index (χ3v) is 3.07. The third-order valence-electron chi connectivity index (χ3n) is 2.01. The molecule has 0 aromatic carbocycles. The van der Waals surface area contributed by atoms with Gasteiger partial charge in [0.05, 0.1) is 6.42 Å². The number of hydrogen-bond acceptors (Lipinski definition) is 3. The summed E-state index contributed by atoms with van der Waals surface area (Å²) in [4.78, 5) is 11.2. The van der Waals surface area contributed by atoms with Gasteiger partial charge >= 0.3 is 5.97 Å². The lowest BCUT2D eigenvalue weighted by molar-refractivity contribution is -0.143. The molecule has 3 nitrogen and oxygen atoms in total. The summed E-state index contributed by atoms with van der Waals surface area (Å²) in [6.45, 7) is 1.78. The zero-order valence-electron chi connectivity index (χ0n) is 7.36. The van der Waals surface area contributed by atoms with Crippen molar-refractivity contribution in [2.24, 2.45) is 0 Å². The number of carboxylic acid groups (broad SMARTS) is 1. The maximum absolute atomic E-state index is 10.5. The maximum atomic E-state index is 10.5. The molecule has 0 spiro atoms. The predicted molar refractivity (Wildman–Crippen MR) is 50.8 cm³/mol. The second-order valence-electron chi connectivity index (χ2n) is 2.93. The Morgan fingerprint density at radius 2 is 2.38 bits per heavy atom. The Hall–Kier alpha value is -0.870. The minimum Gasteiger partial charge on any atom is -0.481 e. The van der Waals surface area contributed by atoms with E-state index >= 15 is 0 Å². The highest BCUT2D eigenvalue weighted by atomic mass is 32.1. The van der Waals surface area contributed by atoms with Crippen LogP contribution in [0.4, 0.5) is 0 Å². The van der Waals surface area contributed by atoms with Gasteiger partial charge in [-0.2, -0.15) is 0 Å². The van der Waals surface area contributed by atoms with Crippen LogP contribution in [0, 0.1) is 0 Å². The number of carbonyl (C=O) groups is 1. The van der Waals surface area contributed by atoms with E-state index < -0.39 is 11.6 Å². The van der Waals surface area contributed by atoms with Crippen LogP contribution in [0.25, 0.3) is 0 Å². The van der Waals surface area contributed by atoms with Crippen molar-refractivity contribution in [1.82, 2.24) is 0 Å². The van der Waals surface area contributed by atoms with Crippen LogP contribution < -0.4 is 0 Å². The lowest BCUT2D eigenvalue weighted by atomic mass is 9.95. The first kappa shape index (κ1) is 10.2. The Morgan fingerprint density at radius 3 is 2.77 bits per heavy atom. The molecule has 1 aromatic heterocycles. The molecule has 1 heterocycles. The molecule has 0 aliphatic heterocycles. The molecule has 0 radical (unpaired) electrons. The van der Waals surface area contributed by atoms with Crippen molar-refractivity contribution in [2.45, 2.75) is 25.4 Å². The van der Waals surface area contributed by atoms with Crippen LogP contribution in [0.2, 0.25) is 0 Å². The molecule has 0 saturated carbocycles. The molecule has 0 amide bonds. The molecule has 1 atom stereocenters. The molecule has 1 rings (SSSR count). The minimum absolute atomic E-state index is 0.232. The fourth-order valence-corrected chi connectivity index (χ4v) is 2.08. The van der Waals surface area contributed by atoms with Gasteiger partial charge in [-0.05, 0) is 17.9 Å². The summed E-state index contributed by atoms with van der Waals surface area (Å²) in [7, 11) is 0. The van der Waals surface area contributed by atoms with Crippen molar-refractivity contribution in [1.29, 1.82) is 0 Å². The van der Waals surface area contributed by atoms with Crippen molar-refractivity contribution in [3.05, 3.63) is 22.4 Å². The quantitative estimate of drug-likeness (QED) is 0.779. The molecule has 0 aliphatic rings. The number of hydrogen-bond donors (Lipinski definition) is 2. The van der Waals surface area contributed by atoms with E-state index in [1.807, 2.05) is 11.4 Å². The highest BCUT2D eigenvalue weighted by molar-refractivity contribution is 7.10. The van der Waals surface area contributed by atoms with Crippen molar-refractivity contribution in [2.75, 3.05) is 0 Å². The average molecular weight is 200 g/mol. The summed E-state index contributed by atoms with van der Waals surface area (Å²) in [5, 5.41) is 20.4. The minimum atomic E-state index is -1.19. The standard InChI is InChI=1S/C9H12O3S/c1-2-9(12,6-8(10)11)7-4-3-5-13-7/h3-5,12H,2,6H2,1H3,(H,10,11)/t9-/m0/s1. The van der Waals surface area contributed by atoms with Gasteiger partial charge in [0, 0.05) is 4.88 Å². The molecule has 0 saturated heterocycles. The number of aliphatic hydroxyl groups is 1. The Morgan fingerprint density at radius 1 is 1.69 bits per heavy atom. The van der Waals surface area contributed by atoms with Crippen LogP contribution in [0.5, 0.6) is 0 Å². The zero-order chi connectivity index (χ0) is 9.90. The Bertz CT molecular complexity index is 281. The molecule has 0 fully saturated rings. The van der Waals surface area contributed by atoms with E-state index in [0.29, 0.717) is 6.42 Å². The molecule has 0 aliphatic carbocycles. The second kappa shape index (κ2) is 3.89. The average Bonchev–Trinajstić information content (AvgIpc) is 2.55. The molecule has 4 heteroatoms. The van der Waals surface area contributed by atoms with E-state index in [-0.39, 0.29) is 6.42 Å². The second-order valence-corrected chi connectivity index (χ2v) is 3.88. The van der Waals surface area contributed by atoms with E-state index in [9.17, 15) is 9.90 Å².